The Balaban J connectivity index is -0.000000396. The molecule has 0 rings (SSSR count). The van der Waals surface area contributed by atoms with Crippen LogP contribution in [0.2, 0.25) is 0 Å². The van der Waals surface area contributed by atoms with E-state index in [1.807, 2.05) is 0 Å². The van der Waals surface area contributed by atoms with Gasteiger partial charge in [0, 0.05) is 19.3 Å². The maximum atomic E-state index is 10.3. The van der Waals surface area contributed by atoms with Crippen LogP contribution in [-0.4, -0.2) is 82.1 Å². The summed E-state index contributed by atoms with van der Waals surface area (Å²) in [6.45, 7) is 6.81. The van der Waals surface area contributed by atoms with E-state index in [0.29, 0.717) is 19.3 Å². The van der Waals surface area contributed by atoms with Crippen molar-refractivity contribution in [3.05, 3.63) is 0 Å². The fraction of sp³-hybridized carbons (Fsp3) is 0.944. The monoisotopic (exact) mass is 993 g/mol. The van der Waals surface area contributed by atoms with E-state index in [1.54, 1.807) is 0 Å². The van der Waals surface area contributed by atoms with Gasteiger partial charge in [0.05, 0.1) is 0 Å². The normalized spacial score (nSPS) is 10.7. The summed E-state index contributed by atoms with van der Waals surface area (Å²) >= 11 is 0. The molecule has 0 amide bonds. The molecule has 0 aliphatic rings. The number of aliphatic carboxylic acids is 3. The van der Waals surface area contributed by atoms with Gasteiger partial charge in [-0.3, -0.25) is 14.4 Å². The van der Waals surface area contributed by atoms with E-state index in [-0.39, 0.29) is 48.9 Å². The molecule has 61 heavy (non-hydrogen) atoms. The van der Waals surface area contributed by atoms with Crippen molar-refractivity contribution in [3.8, 4) is 0 Å². The van der Waals surface area contributed by atoms with Gasteiger partial charge in [-0.05, 0) is 19.3 Å². The molecule has 0 radical (unpaired) electrons. The molecule has 0 saturated carbocycles. The summed E-state index contributed by atoms with van der Waals surface area (Å²) in [7, 11) is 0. The number of hydrogen-bond donors (Lipinski definition) is 3. The molecule has 0 aromatic heterocycles. The van der Waals surface area contributed by atoms with Crippen LogP contribution in [0.1, 0.15) is 329 Å². The zero-order valence-corrected chi connectivity index (χ0v) is 41.0. The first-order valence-electron chi connectivity index (χ1n) is 27.0. The van der Waals surface area contributed by atoms with Gasteiger partial charge in [0.2, 0.25) is 0 Å². The van der Waals surface area contributed by atoms with Crippen LogP contribution in [-0.2, 0) is 14.4 Å². The second kappa shape index (κ2) is 64.3. The molecule has 364 valence electrons. The van der Waals surface area contributed by atoms with E-state index in [9.17, 15) is 14.4 Å². The Morgan fingerprint density at radius 2 is 0.311 bits per heavy atom. The fourth-order valence-electron chi connectivity index (χ4n) is 7.94. The molecule has 0 aliphatic heterocycles. The van der Waals surface area contributed by atoms with Crippen LogP contribution in [0, 0.1) is 0 Å². The van der Waals surface area contributed by atoms with Crippen LogP contribution in [0.3, 0.4) is 0 Å². The molecule has 0 bridgehead atoms. The first kappa shape index (κ1) is 67.6. The number of unbranched alkanes of at least 4 members (excludes halogenated alkanes) is 42. The number of carboxylic acids is 3. The van der Waals surface area contributed by atoms with E-state index in [4.69, 9.17) is 15.3 Å². The molecule has 0 unspecified atom stereocenters. The molecule has 0 fully saturated rings. The molecule has 0 aliphatic carbocycles. The topological polar surface area (TPSA) is 112 Å². The van der Waals surface area contributed by atoms with Crippen molar-refractivity contribution in [2.24, 2.45) is 0 Å². The van der Waals surface area contributed by atoms with E-state index >= 15 is 0 Å². The summed E-state index contributed by atoms with van der Waals surface area (Å²) in [4.78, 5) is 31.0. The van der Waals surface area contributed by atoms with Crippen LogP contribution in [0.15, 0.2) is 0 Å². The van der Waals surface area contributed by atoms with Crippen LogP contribution in [0.4, 0.5) is 0 Å². The van der Waals surface area contributed by atoms with E-state index in [2.05, 4.69) is 20.8 Å². The third kappa shape index (κ3) is 77.6. The van der Waals surface area contributed by atoms with Gasteiger partial charge in [0.25, 0.3) is 0 Å². The summed E-state index contributed by atoms with van der Waals surface area (Å²) in [5.41, 5.74) is 0. The van der Waals surface area contributed by atoms with Gasteiger partial charge in [-0.2, -0.15) is 0 Å². The minimum absolute atomic E-state index is 0. The maximum absolute atomic E-state index is 10.3. The Hall–Kier alpha value is -0.0186. The molecule has 0 saturated heterocycles. The third-order valence-corrected chi connectivity index (χ3v) is 12.0. The molecule has 6 nitrogen and oxygen atoms in total. The van der Waals surface area contributed by atoms with Gasteiger partial charge in [-0.1, -0.05) is 290 Å². The van der Waals surface area contributed by atoms with Crippen LogP contribution < -0.4 is 0 Å². The van der Waals surface area contributed by atoms with Crippen molar-refractivity contribution in [1.29, 1.82) is 0 Å². The molecule has 0 atom stereocenters. The van der Waals surface area contributed by atoms with Gasteiger partial charge in [-0.15, -0.1) is 0 Å². The Kier molecular flexibility index (Phi) is 71.2. The first-order valence-corrected chi connectivity index (χ1v) is 27.0. The van der Waals surface area contributed by atoms with Crippen molar-refractivity contribution in [1.82, 2.24) is 0 Å². The summed E-state index contributed by atoms with van der Waals surface area (Å²) in [5.74, 6) is -1.96. The molecule has 7 heteroatoms. The summed E-state index contributed by atoms with van der Waals surface area (Å²) in [6.07, 6.45) is 60.6. The van der Waals surface area contributed by atoms with Crippen LogP contribution in [0.5, 0.6) is 0 Å². The van der Waals surface area contributed by atoms with Crippen molar-refractivity contribution in [3.63, 3.8) is 0 Å². The summed E-state index contributed by atoms with van der Waals surface area (Å²) < 4.78 is 0. The fourth-order valence-corrected chi connectivity index (χ4v) is 7.94. The molecule has 0 spiro atoms. The Morgan fingerprint density at radius 1 is 0.213 bits per heavy atom. The van der Waals surface area contributed by atoms with Gasteiger partial charge in [0.1, 0.15) is 0 Å². The summed E-state index contributed by atoms with van der Waals surface area (Å²) in [6, 6.07) is 0. The Bertz CT molecular complexity index is 717. The van der Waals surface area contributed by atoms with Crippen LogP contribution in [0.25, 0.3) is 0 Å². The number of carbonyl (C=O) groups is 3. The van der Waals surface area contributed by atoms with Crippen molar-refractivity contribution < 1.29 is 29.7 Å². The quantitative estimate of drug-likeness (QED) is 0.0414. The predicted octanol–water partition coefficient (Wildman–Crippen LogP) is 18.1. The van der Waals surface area contributed by atoms with Gasteiger partial charge in [-0.25, -0.2) is 0 Å². The average Bonchev–Trinajstić information content (AvgIpc) is 3.22. The van der Waals surface area contributed by atoms with Crippen molar-refractivity contribution >= 4 is 66.8 Å². The SMILES string of the molecule is CCCCCCCCCCCCCCCCCC(=O)O.CCCCCCCCCCCCCCCCCC(=O)O.CCCCCCCCCCCCCCCCCC(=O)O.[BaH2]. The van der Waals surface area contributed by atoms with Gasteiger partial charge >= 0.3 is 66.8 Å². The second-order valence-corrected chi connectivity index (χ2v) is 18.3. The van der Waals surface area contributed by atoms with Gasteiger partial charge < -0.3 is 15.3 Å². The first-order chi connectivity index (χ1) is 29.3. The minimum atomic E-state index is -0.653. The zero-order chi connectivity index (χ0) is 44.7. The van der Waals surface area contributed by atoms with E-state index in [1.165, 1.54) is 250 Å². The van der Waals surface area contributed by atoms with Crippen LogP contribution >= 0.6 is 0 Å². The predicted molar refractivity (Wildman–Crippen MR) is 270 cm³/mol. The Morgan fingerprint density at radius 3 is 0.410 bits per heavy atom. The standard InChI is InChI=1S/3C18H36O2.Ba.2H/c3*1-2-3-4-5-6-7-8-9-10-11-12-13-14-15-16-17-18(19)20;;;/h3*2-17H2,1H3,(H,19,20);;;. The number of hydrogen-bond acceptors (Lipinski definition) is 3. The third-order valence-electron chi connectivity index (χ3n) is 12.0. The molecule has 3 N–H and O–H groups in total. The Labute approximate surface area is 422 Å². The molecule has 0 aromatic carbocycles. The summed E-state index contributed by atoms with van der Waals surface area (Å²) in [5, 5.41) is 25.6. The molecule has 0 aromatic rings. The van der Waals surface area contributed by atoms with E-state index < -0.39 is 17.9 Å². The van der Waals surface area contributed by atoms with Crippen molar-refractivity contribution in [2.45, 2.75) is 329 Å². The average molecular weight is 993 g/mol. The number of carboxylic acid groups (broad SMARTS) is 3. The number of rotatable bonds is 48. The van der Waals surface area contributed by atoms with E-state index in [0.717, 1.165) is 38.5 Å². The second-order valence-electron chi connectivity index (χ2n) is 18.3. The molecule has 0 heterocycles. The molecular formula is C54H110BaO6. The zero-order valence-electron chi connectivity index (χ0n) is 41.0. The van der Waals surface area contributed by atoms with Gasteiger partial charge in [0.15, 0.2) is 0 Å². The van der Waals surface area contributed by atoms with Crippen molar-refractivity contribution in [2.75, 3.05) is 0 Å². The molecular weight excluding hydrogens is 882 g/mol.